The molecule has 0 saturated carbocycles. The van der Waals surface area contributed by atoms with E-state index in [1.165, 1.54) is 0 Å². The number of benzene rings is 1. The summed E-state index contributed by atoms with van der Waals surface area (Å²) in [6, 6.07) is 6.54. The van der Waals surface area contributed by atoms with Crippen LogP contribution in [0, 0.1) is 10.1 Å². The van der Waals surface area contributed by atoms with Crippen molar-refractivity contribution in [3.63, 3.8) is 0 Å². The van der Waals surface area contributed by atoms with Gasteiger partial charge >= 0.3 is 0 Å². The molecule has 24 heavy (non-hydrogen) atoms. The first-order valence-electron chi connectivity index (χ1n) is 8.58. The molecule has 130 valence electrons. The Morgan fingerprint density at radius 3 is 2.58 bits per heavy atom. The van der Waals surface area contributed by atoms with Crippen molar-refractivity contribution in [3.8, 4) is 5.75 Å². The van der Waals surface area contributed by atoms with Crippen molar-refractivity contribution in [1.82, 2.24) is 4.90 Å². The summed E-state index contributed by atoms with van der Waals surface area (Å²) >= 11 is 0. The predicted octanol–water partition coefficient (Wildman–Crippen LogP) is 2.04. The molecule has 3 heterocycles. The number of anilines is 1. The first-order chi connectivity index (χ1) is 11.5. The molecule has 0 radical (unpaired) electrons. The molecule has 7 nitrogen and oxygen atoms in total. The first-order valence-corrected chi connectivity index (χ1v) is 8.58. The minimum Gasteiger partial charge on any atom is -0.489 e. The van der Waals surface area contributed by atoms with Crippen molar-refractivity contribution in [2.24, 2.45) is 0 Å². The van der Waals surface area contributed by atoms with Gasteiger partial charge in [-0.15, -0.1) is 0 Å². The molecule has 1 aromatic carbocycles. The van der Waals surface area contributed by atoms with E-state index in [0.29, 0.717) is 23.9 Å². The third-order valence-corrected chi connectivity index (χ3v) is 5.20. The van der Waals surface area contributed by atoms with Crippen LogP contribution in [0.1, 0.15) is 20.3 Å². The van der Waals surface area contributed by atoms with Gasteiger partial charge in [-0.25, -0.2) is 0 Å². The maximum absolute atomic E-state index is 11.1. The van der Waals surface area contributed by atoms with Gasteiger partial charge in [0.2, 0.25) is 0 Å². The maximum Gasteiger partial charge on any atom is 0.273 e. The SMILES string of the molecule is CC(C)Oc1cc([N+](=O)[O-])ccc1N1CC2CC1CN2C1COC1. The lowest BCUT2D eigenvalue weighted by molar-refractivity contribution is -0.384. The molecule has 0 spiro atoms. The molecule has 3 aliphatic heterocycles. The van der Waals surface area contributed by atoms with E-state index < -0.39 is 0 Å². The minimum atomic E-state index is -0.370. The second-order valence-electron chi connectivity index (χ2n) is 7.16. The molecule has 2 unspecified atom stereocenters. The van der Waals surface area contributed by atoms with Gasteiger partial charge in [0.1, 0.15) is 5.75 Å². The number of non-ortho nitro benzene ring substituents is 1. The van der Waals surface area contributed by atoms with Crippen LogP contribution in [-0.4, -0.2) is 60.4 Å². The third kappa shape index (κ3) is 2.61. The highest BCUT2D eigenvalue weighted by Crippen LogP contribution is 2.41. The Bertz CT molecular complexity index is 647. The lowest BCUT2D eigenvalue weighted by atomic mass is 10.1. The van der Waals surface area contributed by atoms with Gasteiger partial charge in [0, 0.05) is 31.2 Å². The number of nitro benzene ring substituents is 1. The monoisotopic (exact) mass is 333 g/mol. The Hall–Kier alpha value is -1.86. The average molecular weight is 333 g/mol. The molecule has 0 aromatic heterocycles. The largest absolute Gasteiger partial charge is 0.489 e. The topological polar surface area (TPSA) is 68.1 Å². The summed E-state index contributed by atoms with van der Waals surface area (Å²) in [5, 5.41) is 11.1. The van der Waals surface area contributed by atoms with Crippen LogP contribution < -0.4 is 9.64 Å². The smallest absolute Gasteiger partial charge is 0.273 e. The lowest BCUT2D eigenvalue weighted by Crippen LogP contribution is -2.56. The molecule has 4 rings (SSSR count). The summed E-state index contributed by atoms with van der Waals surface area (Å²) in [6.07, 6.45) is 1.13. The van der Waals surface area contributed by atoms with E-state index in [1.807, 2.05) is 19.9 Å². The molecule has 3 fully saturated rings. The maximum atomic E-state index is 11.1. The van der Waals surface area contributed by atoms with E-state index in [9.17, 15) is 10.1 Å². The fraction of sp³-hybridized carbons (Fsp3) is 0.647. The summed E-state index contributed by atoms with van der Waals surface area (Å²) in [5.41, 5.74) is 1.05. The summed E-state index contributed by atoms with van der Waals surface area (Å²) in [6.45, 7) is 7.57. The first kappa shape index (κ1) is 15.7. The van der Waals surface area contributed by atoms with Crippen LogP contribution in [0.5, 0.6) is 5.75 Å². The summed E-state index contributed by atoms with van der Waals surface area (Å²) in [5.74, 6) is 0.616. The van der Waals surface area contributed by atoms with Crippen LogP contribution >= 0.6 is 0 Å². The number of likely N-dealkylation sites (tertiary alicyclic amines) is 1. The Balaban J connectivity index is 1.57. The van der Waals surface area contributed by atoms with E-state index in [-0.39, 0.29) is 16.7 Å². The van der Waals surface area contributed by atoms with Crippen molar-refractivity contribution >= 4 is 11.4 Å². The summed E-state index contributed by atoms with van der Waals surface area (Å²) < 4.78 is 11.2. The van der Waals surface area contributed by atoms with E-state index in [0.717, 1.165) is 38.4 Å². The Labute approximate surface area is 141 Å². The lowest BCUT2D eigenvalue weighted by Gasteiger charge is -2.43. The number of hydrogen-bond donors (Lipinski definition) is 0. The van der Waals surface area contributed by atoms with Gasteiger partial charge < -0.3 is 14.4 Å². The third-order valence-electron chi connectivity index (χ3n) is 5.20. The normalized spacial score (nSPS) is 26.9. The van der Waals surface area contributed by atoms with Crippen molar-refractivity contribution in [1.29, 1.82) is 0 Å². The molecule has 7 heteroatoms. The molecule has 3 aliphatic rings. The molecule has 0 amide bonds. The van der Waals surface area contributed by atoms with Crippen LogP contribution in [0.3, 0.4) is 0 Å². The summed E-state index contributed by atoms with van der Waals surface area (Å²) in [4.78, 5) is 15.6. The van der Waals surface area contributed by atoms with Gasteiger partial charge in [-0.2, -0.15) is 0 Å². The van der Waals surface area contributed by atoms with Crippen molar-refractivity contribution in [2.75, 3.05) is 31.2 Å². The highest BCUT2D eigenvalue weighted by atomic mass is 16.6. The number of ether oxygens (including phenoxy) is 2. The van der Waals surface area contributed by atoms with Crippen LogP contribution in [0.4, 0.5) is 11.4 Å². The Morgan fingerprint density at radius 2 is 2.04 bits per heavy atom. The quantitative estimate of drug-likeness (QED) is 0.607. The number of rotatable bonds is 5. The van der Waals surface area contributed by atoms with Gasteiger partial charge in [0.05, 0.1) is 42.0 Å². The average Bonchev–Trinajstić information content (AvgIpc) is 3.04. The fourth-order valence-corrected chi connectivity index (χ4v) is 4.06. The summed E-state index contributed by atoms with van der Waals surface area (Å²) in [7, 11) is 0. The van der Waals surface area contributed by atoms with E-state index in [1.54, 1.807) is 12.1 Å². The number of nitro groups is 1. The highest BCUT2D eigenvalue weighted by Gasteiger charge is 2.47. The molecule has 1 aromatic rings. The van der Waals surface area contributed by atoms with Crippen molar-refractivity contribution in [3.05, 3.63) is 28.3 Å². The van der Waals surface area contributed by atoms with Crippen LogP contribution in [0.2, 0.25) is 0 Å². The second-order valence-corrected chi connectivity index (χ2v) is 7.16. The molecule has 2 atom stereocenters. The van der Waals surface area contributed by atoms with Crippen LogP contribution in [-0.2, 0) is 4.74 Å². The predicted molar refractivity (Wildman–Crippen MR) is 89.7 cm³/mol. The van der Waals surface area contributed by atoms with Gasteiger partial charge in [0.25, 0.3) is 5.69 Å². The Morgan fingerprint density at radius 1 is 1.25 bits per heavy atom. The molecule has 0 aliphatic carbocycles. The van der Waals surface area contributed by atoms with Crippen molar-refractivity contribution < 1.29 is 14.4 Å². The van der Waals surface area contributed by atoms with E-state index in [4.69, 9.17) is 9.47 Å². The van der Waals surface area contributed by atoms with E-state index >= 15 is 0 Å². The van der Waals surface area contributed by atoms with Gasteiger partial charge in [0.15, 0.2) is 0 Å². The number of nitrogens with zero attached hydrogens (tertiary/aromatic N) is 3. The molecule has 0 N–H and O–H groups in total. The molecule has 2 bridgehead atoms. The number of piperazine rings is 1. The fourth-order valence-electron chi connectivity index (χ4n) is 4.06. The second kappa shape index (κ2) is 5.89. The Kier molecular flexibility index (Phi) is 3.85. The number of hydrogen-bond acceptors (Lipinski definition) is 6. The molecule has 3 saturated heterocycles. The van der Waals surface area contributed by atoms with Crippen LogP contribution in [0.25, 0.3) is 0 Å². The van der Waals surface area contributed by atoms with Gasteiger partial charge in [-0.1, -0.05) is 0 Å². The van der Waals surface area contributed by atoms with Gasteiger partial charge in [-0.05, 0) is 26.3 Å². The number of fused-ring (bicyclic) bond motifs is 2. The zero-order valence-electron chi connectivity index (χ0n) is 14.1. The standard InChI is InChI=1S/C17H23N3O4/c1-11(2)24-17-6-12(20(21)22)3-4-16(17)19-8-13-5-14(19)7-18(13)15-9-23-10-15/h3-4,6,11,13-15H,5,7-10H2,1-2H3. The zero-order chi connectivity index (χ0) is 16.8. The molecular formula is C17H23N3O4. The van der Waals surface area contributed by atoms with Crippen LogP contribution in [0.15, 0.2) is 18.2 Å². The highest BCUT2D eigenvalue weighted by molar-refractivity contribution is 5.64. The van der Waals surface area contributed by atoms with Crippen molar-refractivity contribution in [2.45, 2.75) is 44.5 Å². The van der Waals surface area contributed by atoms with E-state index in [2.05, 4.69) is 9.80 Å². The van der Waals surface area contributed by atoms with Gasteiger partial charge in [-0.3, -0.25) is 15.0 Å². The zero-order valence-corrected chi connectivity index (χ0v) is 14.1. The molecular weight excluding hydrogens is 310 g/mol. The minimum absolute atomic E-state index is 0.0193.